The number of alkyl halides is 6. The van der Waals surface area contributed by atoms with Crippen LogP contribution in [0.4, 0.5) is 47.8 Å². The molecule has 0 bridgehead atoms. The smallest absolute Gasteiger partial charge is 0.457 e. The number of benzene rings is 5. The highest BCUT2D eigenvalue weighted by Crippen LogP contribution is 2.35. The number of pyridine rings is 2. The normalized spacial score (nSPS) is 13.2. The Hall–Kier alpha value is -7.33. The Balaban J connectivity index is 0.000000192. The number of aryl methyl sites for hydroxylation is 2. The minimum Gasteiger partial charge on any atom is -0.457 e. The minimum absolute atomic E-state index is 0.200. The van der Waals surface area contributed by atoms with Gasteiger partial charge in [-0.15, -0.1) is 13.2 Å². The number of fused-ring (bicyclic) bond motifs is 2. The number of anilines is 3. The van der Waals surface area contributed by atoms with E-state index in [0.29, 0.717) is 46.3 Å². The van der Waals surface area contributed by atoms with Crippen molar-refractivity contribution in [2.75, 3.05) is 23.3 Å². The van der Waals surface area contributed by atoms with Gasteiger partial charge >= 0.3 is 12.5 Å². The number of imidazole rings is 1. The lowest BCUT2D eigenvalue weighted by Crippen LogP contribution is -2.32. The topological polar surface area (TPSA) is 93.0 Å². The van der Waals surface area contributed by atoms with E-state index in [0.717, 1.165) is 83.0 Å². The lowest BCUT2D eigenvalue weighted by Gasteiger charge is -2.34. The number of halogens is 8. The molecule has 3 aromatic heterocycles. The fraction of sp³-hybridized carbons (Fsp3) is 0.212. The summed E-state index contributed by atoms with van der Waals surface area (Å²) < 4.78 is 99.9. The fourth-order valence-corrected chi connectivity index (χ4v) is 8.27. The van der Waals surface area contributed by atoms with Gasteiger partial charge in [-0.3, -0.25) is 14.2 Å². The summed E-state index contributed by atoms with van der Waals surface area (Å²) in [5.41, 5.74) is 7.13. The average molecular weight is 969 g/mol. The molecule has 1 aliphatic heterocycles. The second-order valence-corrected chi connectivity index (χ2v) is 16.7. The van der Waals surface area contributed by atoms with Crippen LogP contribution in [0.2, 0.25) is 5.02 Å². The molecule has 0 atom stereocenters. The molecule has 356 valence electrons. The molecule has 1 fully saturated rings. The zero-order chi connectivity index (χ0) is 48.9. The molecule has 69 heavy (non-hydrogen) atoms. The maximum absolute atomic E-state index is 13.5. The Morgan fingerprint density at radius 1 is 0.783 bits per heavy atom. The second kappa shape index (κ2) is 20.5. The molecule has 1 saturated heterocycles. The van der Waals surface area contributed by atoms with Crippen molar-refractivity contribution in [2.24, 2.45) is 0 Å². The Kier molecular flexibility index (Phi) is 14.3. The van der Waals surface area contributed by atoms with Crippen LogP contribution in [0, 0.1) is 12.7 Å². The Morgan fingerprint density at radius 3 is 2.07 bits per heavy atom. The number of amides is 1. The van der Waals surface area contributed by atoms with Crippen LogP contribution < -0.4 is 25.0 Å². The van der Waals surface area contributed by atoms with Gasteiger partial charge in [0.15, 0.2) is 0 Å². The molecule has 8 aromatic rings. The van der Waals surface area contributed by atoms with E-state index in [1.54, 1.807) is 65.2 Å². The number of nitrogens with one attached hydrogen (secondary N) is 2. The molecule has 0 aliphatic carbocycles. The molecule has 0 spiro atoms. The lowest BCUT2D eigenvalue weighted by atomic mass is 9.89. The first kappa shape index (κ1) is 48.1. The summed E-state index contributed by atoms with van der Waals surface area (Å²) >= 11 is 6.14. The zero-order valence-electron chi connectivity index (χ0n) is 37.1. The predicted molar refractivity (Wildman–Crippen MR) is 252 cm³/mol. The van der Waals surface area contributed by atoms with Gasteiger partial charge in [-0.25, -0.2) is 9.37 Å². The summed E-state index contributed by atoms with van der Waals surface area (Å²) in [6, 6.07) is 35.6. The zero-order valence-corrected chi connectivity index (χ0v) is 37.9. The van der Waals surface area contributed by atoms with Gasteiger partial charge in [-0.1, -0.05) is 42.8 Å². The Labute approximate surface area is 397 Å². The van der Waals surface area contributed by atoms with Gasteiger partial charge in [0.25, 0.3) is 5.91 Å². The summed E-state index contributed by atoms with van der Waals surface area (Å²) in [6.07, 6.45) is -4.93. The summed E-state index contributed by atoms with van der Waals surface area (Å²) in [6.45, 7) is 5.87. The Bertz CT molecular complexity index is 3040. The number of piperidine rings is 1. The minimum atomic E-state index is -4.68. The molecular weight excluding hydrogens is 925 g/mol. The number of carbonyl (C=O) groups excluding carboxylic acids is 1. The third-order valence-electron chi connectivity index (χ3n) is 11.5. The van der Waals surface area contributed by atoms with E-state index in [1.165, 1.54) is 36.4 Å². The maximum Gasteiger partial charge on any atom is 0.573 e. The number of hydrogen-bond donors (Lipinski definition) is 2. The van der Waals surface area contributed by atoms with Gasteiger partial charge in [-0.05, 0) is 146 Å². The number of carbonyl (C=O) groups is 1. The van der Waals surface area contributed by atoms with Gasteiger partial charge in [0.1, 0.15) is 34.4 Å². The van der Waals surface area contributed by atoms with Crippen LogP contribution in [-0.4, -0.2) is 39.7 Å². The number of hydrogen-bond acceptors (Lipinski definition) is 7. The lowest BCUT2D eigenvalue weighted by molar-refractivity contribution is -0.274. The van der Waals surface area contributed by atoms with E-state index in [9.17, 15) is 35.5 Å². The molecule has 0 radical (unpaired) electrons. The highest BCUT2D eigenvalue weighted by molar-refractivity contribution is 6.30. The van der Waals surface area contributed by atoms with Crippen LogP contribution in [0.3, 0.4) is 0 Å². The number of ether oxygens (including phenoxy) is 2. The fourth-order valence-electron chi connectivity index (χ4n) is 8.10. The number of aromatic nitrogens is 3. The first-order chi connectivity index (χ1) is 33.0. The quantitative estimate of drug-likeness (QED) is 0.125. The Morgan fingerprint density at radius 2 is 1.43 bits per heavy atom. The average Bonchev–Trinajstić information content (AvgIpc) is 3.69. The van der Waals surface area contributed by atoms with Crippen molar-refractivity contribution >= 4 is 51.1 Å². The third kappa shape index (κ3) is 12.2. The van der Waals surface area contributed by atoms with Crippen molar-refractivity contribution in [1.82, 2.24) is 19.7 Å². The van der Waals surface area contributed by atoms with E-state index in [4.69, 9.17) is 16.3 Å². The van der Waals surface area contributed by atoms with E-state index in [1.807, 2.05) is 32.0 Å². The largest absolute Gasteiger partial charge is 0.573 e. The van der Waals surface area contributed by atoms with Gasteiger partial charge in [-0.2, -0.15) is 13.2 Å². The van der Waals surface area contributed by atoms with Gasteiger partial charge < -0.3 is 25.0 Å². The maximum atomic E-state index is 13.5. The van der Waals surface area contributed by atoms with Crippen molar-refractivity contribution in [1.29, 1.82) is 0 Å². The van der Waals surface area contributed by atoms with Crippen LogP contribution in [0.15, 0.2) is 140 Å². The van der Waals surface area contributed by atoms with Crippen LogP contribution in [0.5, 0.6) is 17.2 Å². The summed E-state index contributed by atoms with van der Waals surface area (Å²) in [5.74, 6) is 0.327. The number of rotatable bonds is 11. The summed E-state index contributed by atoms with van der Waals surface area (Å²) in [7, 11) is 0. The molecule has 9 rings (SSSR count). The van der Waals surface area contributed by atoms with Crippen LogP contribution in [0.1, 0.15) is 64.2 Å². The van der Waals surface area contributed by atoms with Gasteiger partial charge in [0.2, 0.25) is 0 Å². The summed E-state index contributed by atoms with van der Waals surface area (Å²) in [5, 5.41) is 7.60. The molecule has 4 heterocycles. The van der Waals surface area contributed by atoms with E-state index >= 15 is 0 Å². The summed E-state index contributed by atoms with van der Waals surface area (Å²) in [4.78, 5) is 24.2. The van der Waals surface area contributed by atoms with E-state index in [-0.39, 0.29) is 23.4 Å². The predicted octanol–water partition coefficient (Wildman–Crippen LogP) is 14.0. The molecule has 9 nitrogen and oxygen atoms in total. The van der Waals surface area contributed by atoms with E-state index < -0.39 is 18.1 Å². The third-order valence-corrected chi connectivity index (χ3v) is 11.7. The van der Waals surface area contributed by atoms with Crippen molar-refractivity contribution in [3.63, 3.8) is 0 Å². The molecule has 5 aromatic carbocycles. The van der Waals surface area contributed by atoms with E-state index in [2.05, 4.69) is 42.4 Å². The molecule has 1 aliphatic rings. The molecule has 17 heteroatoms. The number of nitrogens with zero attached hydrogens (tertiary/aromatic N) is 4. The molecule has 2 N–H and O–H groups in total. The van der Waals surface area contributed by atoms with Crippen LogP contribution in [-0.2, 0) is 19.1 Å². The second-order valence-electron chi connectivity index (χ2n) is 16.3. The standard InChI is InChI=1S/C29H28ClF3N4O2.C23H16F4N2O/c1-2-25-27(37-18-22(30)7-12-26(37)35-25)28(38)34-17-19-3-8-23(9-4-19)36-15-13-21(14-16-36)20-5-10-24(11-6-20)39-29(31,32)33;1-14-12-21(20-11-4-16(24)13-22(20)28-14)29-17-5-9-19(10-6-17)30-18-7-2-15(3-8-18)23(25,26)27/h3-12,18,21H,2,13-17H2,1H3,(H,34,38);2-13H,1H3,(H,28,29). The van der Waals surface area contributed by atoms with Crippen molar-refractivity contribution in [3.8, 4) is 17.2 Å². The molecule has 0 unspecified atom stereocenters. The van der Waals surface area contributed by atoms with Gasteiger partial charge in [0.05, 0.1) is 21.8 Å². The highest BCUT2D eigenvalue weighted by atomic mass is 35.5. The van der Waals surface area contributed by atoms with Crippen LogP contribution in [0.25, 0.3) is 16.6 Å². The SMILES string of the molecule is CCc1nc2ccc(Cl)cn2c1C(=O)NCc1ccc(N2CCC(c3ccc(OC(F)(F)F)cc3)CC2)cc1.Cc1cc(Nc2ccc(Oc3ccc(C(F)(F)F)cc3)cc2)c2ccc(F)cc2n1. The van der Waals surface area contributed by atoms with Gasteiger partial charge in [0, 0.05) is 60.0 Å². The first-order valence-corrected chi connectivity index (χ1v) is 22.3. The monoisotopic (exact) mass is 968 g/mol. The van der Waals surface area contributed by atoms with Crippen molar-refractivity contribution in [2.45, 2.75) is 58.1 Å². The van der Waals surface area contributed by atoms with Crippen LogP contribution >= 0.6 is 11.6 Å². The first-order valence-electron chi connectivity index (χ1n) is 21.9. The highest BCUT2D eigenvalue weighted by Gasteiger charge is 2.32. The molecular formula is C52H44ClF7N6O3. The molecule has 0 saturated carbocycles. The molecule has 1 amide bonds. The van der Waals surface area contributed by atoms with Crippen molar-refractivity contribution < 1.29 is 45.0 Å². The van der Waals surface area contributed by atoms with Crippen molar-refractivity contribution in [3.05, 3.63) is 184 Å².